The molecule has 34 heavy (non-hydrogen) atoms. The monoisotopic (exact) mass is 522 g/mol. The zero-order chi connectivity index (χ0) is 24.6. The third-order valence-corrected chi connectivity index (χ3v) is 6.82. The van der Waals surface area contributed by atoms with Crippen LogP contribution in [0.15, 0.2) is 56.8 Å². The summed E-state index contributed by atoms with van der Waals surface area (Å²) < 4.78 is 9.13. The third-order valence-electron chi connectivity index (χ3n) is 6.32. The summed E-state index contributed by atoms with van der Waals surface area (Å²) in [5, 5.41) is 6.08. The van der Waals surface area contributed by atoms with E-state index in [9.17, 15) is 9.59 Å². The van der Waals surface area contributed by atoms with Gasteiger partial charge in [0.05, 0.1) is 24.2 Å². The zero-order valence-electron chi connectivity index (χ0n) is 19.9. The van der Waals surface area contributed by atoms with Gasteiger partial charge in [-0.05, 0) is 44.5 Å². The maximum Gasteiger partial charge on any atom is 0.328 e. The van der Waals surface area contributed by atoms with Gasteiger partial charge >= 0.3 is 5.97 Å². The number of hydrogen-bond donors (Lipinski definition) is 0. The number of hydrogen-bond acceptors (Lipinski definition) is 5. The third kappa shape index (κ3) is 4.07. The highest BCUT2D eigenvalue weighted by molar-refractivity contribution is 9.10. The van der Waals surface area contributed by atoms with Crippen molar-refractivity contribution in [1.82, 2.24) is 14.2 Å². The van der Waals surface area contributed by atoms with Crippen molar-refractivity contribution < 1.29 is 9.53 Å². The maximum atomic E-state index is 13.5. The molecule has 2 atom stereocenters. The van der Waals surface area contributed by atoms with Gasteiger partial charge in [-0.15, -0.1) is 0 Å². The molecule has 0 amide bonds. The number of esters is 1. The van der Waals surface area contributed by atoms with Crippen molar-refractivity contribution in [2.24, 2.45) is 5.10 Å². The molecular weight excluding hydrogens is 496 g/mol. The number of aromatic nitrogens is 3. The molecule has 7 nitrogen and oxygen atoms in total. The molecule has 0 aliphatic rings. The molecule has 2 aromatic heterocycles. The zero-order valence-corrected chi connectivity index (χ0v) is 21.5. The minimum Gasteiger partial charge on any atom is -0.467 e. The number of para-hydroxylation sites is 1. The Labute approximate surface area is 206 Å². The summed E-state index contributed by atoms with van der Waals surface area (Å²) in [5.74, 6) is 0.328. The molecule has 0 unspecified atom stereocenters. The van der Waals surface area contributed by atoms with E-state index in [2.05, 4.69) is 28.0 Å². The largest absolute Gasteiger partial charge is 0.467 e. The molecule has 0 spiro atoms. The van der Waals surface area contributed by atoms with Crippen LogP contribution in [0.25, 0.3) is 21.8 Å². The molecule has 176 valence electrons. The minimum absolute atomic E-state index is 0.0414. The summed E-state index contributed by atoms with van der Waals surface area (Å²) in [5.41, 5.74) is 3.02. The van der Waals surface area contributed by atoms with Gasteiger partial charge in [-0.1, -0.05) is 48.0 Å². The molecule has 0 saturated carbocycles. The number of rotatable bonds is 6. The smallest absolute Gasteiger partial charge is 0.328 e. The van der Waals surface area contributed by atoms with E-state index >= 15 is 0 Å². The average molecular weight is 523 g/mol. The van der Waals surface area contributed by atoms with Gasteiger partial charge in [-0.25, -0.2) is 9.78 Å². The molecule has 8 heteroatoms. The van der Waals surface area contributed by atoms with E-state index in [1.165, 1.54) is 11.8 Å². The van der Waals surface area contributed by atoms with E-state index in [4.69, 9.17) is 9.72 Å². The fraction of sp³-hybridized carbons (Fsp3) is 0.308. The van der Waals surface area contributed by atoms with Gasteiger partial charge in [0.25, 0.3) is 5.56 Å². The lowest BCUT2D eigenvalue weighted by Gasteiger charge is -2.15. The number of halogens is 1. The van der Waals surface area contributed by atoms with E-state index < -0.39 is 6.04 Å². The van der Waals surface area contributed by atoms with Crippen molar-refractivity contribution in [3.8, 4) is 0 Å². The van der Waals surface area contributed by atoms with Gasteiger partial charge in [0.15, 0.2) is 0 Å². The molecule has 2 aromatic carbocycles. The first-order valence-corrected chi connectivity index (χ1v) is 12.0. The summed E-state index contributed by atoms with van der Waals surface area (Å²) >= 11 is 3.44. The Bertz CT molecular complexity index is 1490. The highest BCUT2D eigenvalue weighted by Gasteiger charge is 2.22. The quantitative estimate of drug-likeness (QED) is 0.245. The first-order valence-electron chi connectivity index (χ1n) is 11.2. The molecule has 0 bridgehead atoms. The van der Waals surface area contributed by atoms with Crippen molar-refractivity contribution in [3.63, 3.8) is 0 Å². The van der Waals surface area contributed by atoms with Crippen LogP contribution in [0.4, 0.5) is 0 Å². The summed E-state index contributed by atoms with van der Waals surface area (Å²) in [4.78, 5) is 30.5. The van der Waals surface area contributed by atoms with Crippen molar-refractivity contribution in [1.29, 1.82) is 0 Å². The van der Waals surface area contributed by atoms with Gasteiger partial charge in [-0.3, -0.25) is 4.79 Å². The van der Waals surface area contributed by atoms with Gasteiger partial charge in [0.2, 0.25) is 0 Å². The van der Waals surface area contributed by atoms with Gasteiger partial charge in [-0.2, -0.15) is 9.78 Å². The summed E-state index contributed by atoms with van der Waals surface area (Å²) in [7, 11) is 1.39. The number of benzene rings is 2. The number of fused-ring (bicyclic) bond motifs is 2. The second kappa shape index (κ2) is 9.54. The molecule has 0 N–H and O–H groups in total. The Hall–Kier alpha value is -3.26. The molecule has 2 heterocycles. The number of carbonyl (C=O) groups is 1. The summed E-state index contributed by atoms with van der Waals surface area (Å²) in [6.45, 7) is 7.84. The predicted octanol–water partition coefficient (Wildman–Crippen LogP) is 5.55. The summed E-state index contributed by atoms with van der Waals surface area (Å²) in [6, 6.07) is 12.8. The average Bonchev–Trinajstić information content (AvgIpc) is 3.13. The first-order chi connectivity index (χ1) is 16.3. The second-order valence-electron chi connectivity index (χ2n) is 8.39. The highest BCUT2D eigenvalue weighted by Crippen LogP contribution is 2.29. The predicted molar refractivity (Wildman–Crippen MR) is 139 cm³/mol. The van der Waals surface area contributed by atoms with Crippen LogP contribution in [-0.2, 0) is 9.53 Å². The van der Waals surface area contributed by atoms with Crippen LogP contribution < -0.4 is 5.56 Å². The molecule has 0 radical (unpaired) electrons. The number of nitrogens with zero attached hydrogens (tertiary/aromatic N) is 4. The van der Waals surface area contributed by atoms with Gasteiger partial charge in [0.1, 0.15) is 11.9 Å². The number of methoxy groups -OCH3 is 1. The van der Waals surface area contributed by atoms with Crippen LogP contribution >= 0.6 is 15.9 Å². The molecule has 0 aliphatic heterocycles. The lowest BCUT2D eigenvalue weighted by molar-refractivity contribution is -0.143. The normalized spacial score (nSPS) is 13.6. The Morgan fingerprint density at radius 3 is 2.65 bits per heavy atom. The second-order valence-corrected chi connectivity index (χ2v) is 9.30. The molecule has 4 rings (SSSR count). The van der Waals surface area contributed by atoms with Crippen molar-refractivity contribution in [2.45, 2.75) is 46.1 Å². The van der Waals surface area contributed by atoms with Crippen LogP contribution in [0.3, 0.4) is 0 Å². The fourth-order valence-corrected chi connectivity index (χ4v) is 4.61. The van der Waals surface area contributed by atoms with E-state index in [-0.39, 0.29) is 17.4 Å². The fourth-order valence-electron chi connectivity index (χ4n) is 4.25. The molecule has 0 aliphatic carbocycles. The van der Waals surface area contributed by atoms with E-state index in [1.807, 2.05) is 61.7 Å². The molecular formula is C26H27BrN4O3. The highest BCUT2D eigenvalue weighted by atomic mass is 79.9. The van der Waals surface area contributed by atoms with Crippen LogP contribution in [-0.4, -0.2) is 33.5 Å². The first kappa shape index (κ1) is 23.9. The van der Waals surface area contributed by atoms with Crippen LogP contribution in [0, 0.1) is 6.92 Å². The van der Waals surface area contributed by atoms with E-state index in [0.29, 0.717) is 16.7 Å². The Balaban J connectivity index is 1.94. The molecule has 4 aromatic rings. The SMILES string of the molecule is CC[C@H](C)c1nc2ccc(Br)cc2c(=O)n1N=Cc1c(C)n([C@@H](C)C(=O)OC)c2ccccc12. The lowest BCUT2D eigenvalue weighted by Crippen LogP contribution is -2.23. The molecule has 0 fully saturated rings. The molecule has 0 saturated heterocycles. The standard InChI is InChI=1S/C26H27BrN4O3/c1-6-15(2)24-29-22-12-11-18(27)13-20(22)25(32)31(24)28-14-21-16(3)30(17(4)26(33)34-5)23-10-8-7-9-19(21)23/h7-15,17H,6H2,1-5H3/t15-,17-/m0/s1. The summed E-state index contributed by atoms with van der Waals surface area (Å²) in [6.07, 6.45) is 2.51. The maximum absolute atomic E-state index is 13.5. The Kier molecular flexibility index (Phi) is 6.70. The van der Waals surface area contributed by atoms with Gasteiger partial charge < -0.3 is 9.30 Å². The van der Waals surface area contributed by atoms with Gasteiger partial charge in [0, 0.05) is 32.6 Å². The van der Waals surface area contributed by atoms with Crippen LogP contribution in [0.2, 0.25) is 0 Å². The Morgan fingerprint density at radius 1 is 1.21 bits per heavy atom. The lowest BCUT2D eigenvalue weighted by atomic mass is 10.1. The topological polar surface area (TPSA) is 78.5 Å². The number of ether oxygens (including phenoxy) is 1. The van der Waals surface area contributed by atoms with Crippen molar-refractivity contribution in [2.75, 3.05) is 7.11 Å². The van der Waals surface area contributed by atoms with Crippen LogP contribution in [0.5, 0.6) is 0 Å². The van der Waals surface area contributed by atoms with E-state index in [0.717, 1.165) is 33.1 Å². The van der Waals surface area contributed by atoms with Crippen molar-refractivity contribution in [3.05, 3.63) is 74.4 Å². The van der Waals surface area contributed by atoms with Crippen LogP contribution in [0.1, 0.15) is 56.2 Å². The van der Waals surface area contributed by atoms with E-state index in [1.54, 1.807) is 12.3 Å². The Morgan fingerprint density at radius 2 is 1.94 bits per heavy atom. The number of carbonyl (C=O) groups excluding carboxylic acids is 1. The minimum atomic E-state index is -0.505. The van der Waals surface area contributed by atoms with Crippen molar-refractivity contribution >= 4 is 49.9 Å².